The smallest absolute Gasteiger partial charge is 0.308 e. The predicted octanol–water partition coefficient (Wildman–Crippen LogP) is 6.57. The molecule has 0 aliphatic rings. The zero-order chi connectivity index (χ0) is 21.4. The average Bonchev–Trinajstić information content (AvgIpc) is 2.90. The quantitative estimate of drug-likeness (QED) is 0.358. The van der Waals surface area contributed by atoms with Crippen LogP contribution >= 0.6 is 42.4 Å². The van der Waals surface area contributed by atoms with Gasteiger partial charge in [-0.05, 0) is 23.8 Å². The summed E-state index contributed by atoms with van der Waals surface area (Å²) in [6, 6.07) is 1.92. The van der Waals surface area contributed by atoms with Crippen LogP contribution in [0.15, 0.2) is 16.9 Å². The highest BCUT2D eigenvalue weighted by Gasteiger charge is 2.39. The van der Waals surface area contributed by atoms with Crippen molar-refractivity contribution in [3.8, 4) is 11.3 Å². The van der Waals surface area contributed by atoms with Gasteiger partial charge in [-0.1, -0.05) is 34.8 Å². The topological polar surface area (TPSA) is 53.4 Å². The minimum absolute atomic E-state index is 0.0349. The summed E-state index contributed by atoms with van der Waals surface area (Å²) in [7, 11) is -0.584. The summed E-state index contributed by atoms with van der Waals surface area (Å²) in [5.41, 5.74) is -2.01. The van der Waals surface area contributed by atoms with E-state index in [2.05, 4.69) is 5.10 Å². The van der Waals surface area contributed by atoms with E-state index in [-0.39, 0.29) is 20.9 Å². The second kappa shape index (κ2) is 8.34. The van der Waals surface area contributed by atoms with E-state index < -0.39 is 36.0 Å². The average molecular weight is 482 g/mol. The van der Waals surface area contributed by atoms with E-state index in [1.54, 1.807) is 0 Å². The van der Waals surface area contributed by atoms with Crippen LogP contribution < -0.4 is 0 Å². The lowest BCUT2D eigenvalue weighted by atomic mass is 10.1. The van der Waals surface area contributed by atoms with Crippen LogP contribution in [-0.2, 0) is 26.8 Å². The highest BCUT2D eigenvalue weighted by atomic mass is 35.5. The van der Waals surface area contributed by atoms with Crippen molar-refractivity contribution in [2.45, 2.75) is 6.18 Å². The van der Waals surface area contributed by atoms with Gasteiger partial charge >= 0.3 is 13.8 Å². The fourth-order valence-electron chi connectivity index (χ4n) is 2.29. The summed E-state index contributed by atoms with van der Waals surface area (Å²) < 4.78 is 75.6. The summed E-state index contributed by atoms with van der Waals surface area (Å²) in [5.74, 6) is -0.964. The Labute approximate surface area is 172 Å². The van der Waals surface area contributed by atoms with Gasteiger partial charge in [0.2, 0.25) is 0 Å². The molecule has 0 fully saturated rings. The highest BCUT2D eigenvalue weighted by molar-refractivity contribution is 7.61. The Morgan fingerprint density at radius 1 is 1.25 bits per heavy atom. The molecule has 0 amide bonds. The molecule has 0 atom stereocenters. The van der Waals surface area contributed by atoms with Gasteiger partial charge in [0.15, 0.2) is 5.69 Å². The molecule has 0 N–H and O–H groups in total. The Kier molecular flexibility index (Phi) is 6.91. The van der Waals surface area contributed by atoms with E-state index in [0.29, 0.717) is 4.68 Å². The maximum atomic E-state index is 14.4. The van der Waals surface area contributed by atoms with E-state index in [9.17, 15) is 22.1 Å². The molecular formula is C15H12Cl3F4N2O3P. The van der Waals surface area contributed by atoms with Gasteiger partial charge in [0.25, 0.3) is 0 Å². The highest BCUT2D eigenvalue weighted by Crippen LogP contribution is 2.57. The van der Waals surface area contributed by atoms with Crippen LogP contribution in [0.2, 0.25) is 10.0 Å². The Morgan fingerprint density at radius 3 is 2.29 bits per heavy atom. The van der Waals surface area contributed by atoms with Gasteiger partial charge in [0.1, 0.15) is 16.3 Å². The molecule has 2 aromatic rings. The van der Waals surface area contributed by atoms with Crippen molar-refractivity contribution in [1.29, 1.82) is 0 Å². The van der Waals surface area contributed by atoms with E-state index in [4.69, 9.17) is 43.9 Å². The maximum absolute atomic E-state index is 14.4. The first-order valence-electron chi connectivity index (χ1n) is 7.24. The molecule has 0 unspecified atom stereocenters. The third kappa shape index (κ3) is 4.40. The molecule has 2 rings (SSSR count). The van der Waals surface area contributed by atoms with Crippen LogP contribution in [0, 0.1) is 5.82 Å². The zero-order valence-electron chi connectivity index (χ0n) is 14.4. The molecular weight excluding hydrogens is 470 g/mol. The van der Waals surface area contributed by atoms with E-state index >= 15 is 0 Å². The monoisotopic (exact) mass is 480 g/mol. The number of alkyl halides is 3. The molecule has 0 radical (unpaired) electrons. The van der Waals surface area contributed by atoms with Crippen LogP contribution in [0.3, 0.4) is 0 Å². The summed E-state index contributed by atoms with van der Waals surface area (Å²) in [5, 5.41) is 2.73. The lowest BCUT2D eigenvalue weighted by molar-refractivity contribution is -0.143. The zero-order valence-corrected chi connectivity index (χ0v) is 17.6. The third-order valence-electron chi connectivity index (χ3n) is 3.62. The lowest BCUT2D eigenvalue weighted by Gasteiger charge is -2.13. The summed E-state index contributed by atoms with van der Waals surface area (Å²) in [4.78, 5) is 0. The molecule has 0 spiro atoms. The lowest BCUT2D eigenvalue weighted by Crippen LogP contribution is -2.12. The maximum Gasteiger partial charge on any atom is 0.434 e. The Bertz CT molecular complexity index is 984. The minimum atomic E-state index is -4.80. The van der Waals surface area contributed by atoms with Crippen molar-refractivity contribution in [3.05, 3.63) is 44.0 Å². The molecule has 5 nitrogen and oxygen atoms in total. The third-order valence-corrected chi connectivity index (χ3v) is 6.65. The van der Waals surface area contributed by atoms with Crippen LogP contribution in [-0.4, -0.2) is 24.0 Å². The number of aryl methyl sites for hydroxylation is 1. The minimum Gasteiger partial charge on any atom is -0.308 e. The Morgan fingerprint density at radius 2 is 1.82 bits per heavy atom. The fourth-order valence-corrected chi connectivity index (χ4v) is 4.19. The summed E-state index contributed by atoms with van der Waals surface area (Å²) in [6.07, 6.45) is -3.71. The van der Waals surface area contributed by atoms with Crippen molar-refractivity contribution in [3.63, 3.8) is 0 Å². The first-order valence-corrected chi connectivity index (χ1v) is 9.91. The van der Waals surface area contributed by atoms with Crippen molar-refractivity contribution in [1.82, 2.24) is 9.78 Å². The molecule has 0 aliphatic heterocycles. The van der Waals surface area contributed by atoms with E-state index in [1.807, 2.05) is 0 Å². The number of aromatic nitrogens is 2. The fraction of sp³-hybridized carbons (Fsp3) is 0.267. The van der Waals surface area contributed by atoms with E-state index in [0.717, 1.165) is 39.5 Å². The van der Waals surface area contributed by atoms with Crippen LogP contribution in [0.25, 0.3) is 17.3 Å². The van der Waals surface area contributed by atoms with Crippen molar-refractivity contribution >= 4 is 48.5 Å². The summed E-state index contributed by atoms with van der Waals surface area (Å²) in [6.45, 7) is 0. The second-order valence-electron chi connectivity index (χ2n) is 5.32. The molecule has 0 saturated carbocycles. The molecule has 1 aromatic heterocycles. The molecule has 0 aliphatic carbocycles. The van der Waals surface area contributed by atoms with Crippen molar-refractivity contribution < 1.29 is 31.2 Å². The van der Waals surface area contributed by atoms with Gasteiger partial charge in [-0.25, -0.2) is 4.39 Å². The first-order chi connectivity index (χ1) is 12.9. The molecule has 154 valence electrons. The SMILES string of the molecule is COP(=O)(OC)C(Cl)=Cc1cc(-c2nn(C)c(C(F)(F)F)c2Cl)c(F)cc1Cl. The number of rotatable bonds is 5. The van der Waals surface area contributed by atoms with Gasteiger partial charge in [-0.15, -0.1) is 0 Å². The van der Waals surface area contributed by atoms with Gasteiger partial charge in [-0.3, -0.25) is 9.25 Å². The number of nitrogens with zero attached hydrogens (tertiary/aromatic N) is 2. The number of hydrogen-bond donors (Lipinski definition) is 0. The molecule has 1 aromatic carbocycles. The Balaban J connectivity index is 2.68. The van der Waals surface area contributed by atoms with Gasteiger partial charge in [0, 0.05) is 26.8 Å². The molecule has 0 bridgehead atoms. The van der Waals surface area contributed by atoms with E-state index in [1.165, 1.54) is 0 Å². The van der Waals surface area contributed by atoms with Crippen LogP contribution in [0.1, 0.15) is 11.3 Å². The standard InChI is InChI=1S/C15H12Cl3F4N2O3P/c1-24-14(15(20,21)22)12(18)13(23-24)8-4-7(9(16)6-10(8)19)5-11(17)28(25,26-2)27-3/h4-6H,1-3H3. The van der Waals surface area contributed by atoms with Gasteiger partial charge in [0.05, 0.1) is 10.0 Å². The largest absolute Gasteiger partial charge is 0.434 e. The molecule has 0 saturated heterocycles. The molecule has 1 heterocycles. The predicted molar refractivity (Wildman–Crippen MR) is 99.1 cm³/mol. The van der Waals surface area contributed by atoms with Gasteiger partial charge in [-0.2, -0.15) is 18.3 Å². The molecule has 13 heteroatoms. The molecule has 28 heavy (non-hydrogen) atoms. The first kappa shape index (κ1) is 23.2. The van der Waals surface area contributed by atoms with Crippen LogP contribution in [0.4, 0.5) is 17.6 Å². The number of benzene rings is 1. The second-order valence-corrected chi connectivity index (χ2v) is 8.98. The number of hydrogen-bond acceptors (Lipinski definition) is 4. The van der Waals surface area contributed by atoms with Gasteiger partial charge < -0.3 is 9.05 Å². The van der Waals surface area contributed by atoms with Crippen molar-refractivity contribution in [2.24, 2.45) is 7.05 Å². The number of halogens is 7. The van der Waals surface area contributed by atoms with Crippen molar-refractivity contribution in [2.75, 3.05) is 14.2 Å². The van der Waals surface area contributed by atoms with Crippen LogP contribution in [0.5, 0.6) is 0 Å². The summed E-state index contributed by atoms with van der Waals surface area (Å²) >= 11 is 17.7. The Hall–Kier alpha value is -1.09. The normalized spacial score (nSPS) is 13.3.